The van der Waals surface area contributed by atoms with Crippen LogP contribution in [0.2, 0.25) is 0 Å². The quantitative estimate of drug-likeness (QED) is 0.896. The zero-order valence-corrected chi connectivity index (χ0v) is 15.1. The molecule has 5 nitrogen and oxygen atoms in total. The highest BCUT2D eigenvalue weighted by atomic mass is 16.5. The number of hydrogen-bond donors (Lipinski definition) is 1. The molecule has 1 aliphatic heterocycles. The van der Waals surface area contributed by atoms with Gasteiger partial charge in [0.1, 0.15) is 11.4 Å². The molecular formula is C20H24N2O3. The minimum absolute atomic E-state index is 0.0894. The van der Waals surface area contributed by atoms with Gasteiger partial charge in [0.15, 0.2) is 18.1 Å². The number of carbonyl (C=O) groups is 1. The maximum absolute atomic E-state index is 12.1. The Morgan fingerprint density at radius 3 is 2.80 bits per heavy atom. The number of benzene rings is 1. The Balaban J connectivity index is 1.59. The smallest absolute Gasteiger partial charge is 0.263 e. The minimum atomic E-state index is -0.250. The van der Waals surface area contributed by atoms with Gasteiger partial charge in [-0.3, -0.25) is 4.79 Å². The summed E-state index contributed by atoms with van der Waals surface area (Å²) in [6.45, 7) is 8.19. The topological polar surface area (TPSA) is 60.5 Å². The number of pyridine rings is 1. The second-order valence-electron chi connectivity index (χ2n) is 7.25. The molecule has 0 saturated heterocycles. The third-order valence-electron chi connectivity index (χ3n) is 4.13. The van der Waals surface area contributed by atoms with E-state index in [4.69, 9.17) is 9.47 Å². The molecule has 2 aromatic rings. The van der Waals surface area contributed by atoms with Gasteiger partial charge in [-0.05, 0) is 37.5 Å². The first-order valence-corrected chi connectivity index (χ1v) is 8.53. The first-order chi connectivity index (χ1) is 11.8. The molecule has 1 aromatic heterocycles. The van der Waals surface area contributed by atoms with Gasteiger partial charge in [0.2, 0.25) is 0 Å². The van der Waals surface area contributed by atoms with Crippen molar-refractivity contribution in [3.05, 3.63) is 47.7 Å². The van der Waals surface area contributed by atoms with E-state index < -0.39 is 0 Å². The number of para-hydroxylation sites is 1. The summed E-state index contributed by atoms with van der Waals surface area (Å²) in [6.07, 6.45) is 2.61. The van der Waals surface area contributed by atoms with Gasteiger partial charge >= 0.3 is 0 Å². The molecule has 1 amide bonds. The Kier molecular flexibility index (Phi) is 4.66. The van der Waals surface area contributed by atoms with E-state index in [0.29, 0.717) is 17.5 Å². The van der Waals surface area contributed by atoms with Crippen molar-refractivity contribution in [2.45, 2.75) is 45.6 Å². The number of anilines is 1. The molecule has 0 bridgehead atoms. The number of carbonyl (C=O) groups excluding carboxylic acids is 1. The number of ether oxygens (including phenoxy) is 2. The summed E-state index contributed by atoms with van der Waals surface area (Å²) in [4.78, 5) is 16.4. The third kappa shape index (κ3) is 4.10. The van der Waals surface area contributed by atoms with Crippen LogP contribution in [0, 0.1) is 0 Å². The maximum atomic E-state index is 12.1. The monoisotopic (exact) mass is 340 g/mol. The lowest BCUT2D eigenvalue weighted by atomic mass is 10.0. The SMILES string of the molecule is CC(C)c1ccc(NC(=O)COc2cccc3c2OC(C)(C)C3)nc1. The Morgan fingerprint density at radius 1 is 1.32 bits per heavy atom. The average Bonchev–Trinajstić information content (AvgIpc) is 2.87. The normalized spacial score (nSPS) is 14.8. The van der Waals surface area contributed by atoms with Crippen LogP contribution in [0.5, 0.6) is 11.5 Å². The number of aromatic nitrogens is 1. The lowest BCUT2D eigenvalue weighted by molar-refractivity contribution is -0.118. The molecule has 25 heavy (non-hydrogen) atoms. The fraction of sp³-hybridized carbons (Fsp3) is 0.400. The van der Waals surface area contributed by atoms with Crippen LogP contribution in [0.25, 0.3) is 0 Å². The molecule has 0 radical (unpaired) electrons. The van der Waals surface area contributed by atoms with E-state index in [1.165, 1.54) is 0 Å². The third-order valence-corrected chi connectivity index (χ3v) is 4.13. The molecule has 0 fully saturated rings. The highest BCUT2D eigenvalue weighted by molar-refractivity contribution is 5.91. The molecule has 1 aliphatic rings. The maximum Gasteiger partial charge on any atom is 0.263 e. The van der Waals surface area contributed by atoms with Crippen molar-refractivity contribution in [3.8, 4) is 11.5 Å². The van der Waals surface area contributed by atoms with Crippen LogP contribution in [-0.4, -0.2) is 23.1 Å². The Morgan fingerprint density at radius 2 is 2.12 bits per heavy atom. The molecule has 0 aliphatic carbocycles. The number of fused-ring (bicyclic) bond motifs is 1. The first kappa shape index (κ1) is 17.3. The van der Waals surface area contributed by atoms with E-state index >= 15 is 0 Å². The second-order valence-corrected chi connectivity index (χ2v) is 7.25. The van der Waals surface area contributed by atoms with Crippen molar-refractivity contribution in [3.63, 3.8) is 0 Å². The minimum Gasteiger partial charge on any atom is -0.483 e. The van der Waals surface area contributed by atoms with Gasteiger partial charge in [0.25, 0.3) is 5.91 Å². The van der Waals surface area contributed by atoms with Gasteiger partial charge in [0.05, 0.1) is 0 Å². The van der Waals surface area contributed by atoms with Gasteiger partial charge in [0, 0.05) is 18.2 Å². The average molecular weight is 340 g/mol. The van der Waals surface area contributed by atoms with Crippen LogP contribution in [0.3, 0.4) is 0 Å². The van der Waals surface area contributed by atoms with Gasteiger partial charge in [-0.25, -0.2) is 4.98 Å². The Labute approximate surface area is 148 Å². The van der Waals surface area contributed by atoms with Crippen LogP contribution in [0.15, 0.2) is 36.5 Å². The van der Waals surface area contributed by atoms with Crippen LogP contribution in [0.1, 0.15) is 44.7 Å². The van der Waals surface area contributed by atoms with Gasteiger partial charge in [-0.1, -0.05) is 32.0 Å². The molecular weight excluding hydrogens is 316 g/mol. The van der Waals surface area contributed by atoms with Crippen molar-refractivity contribution < 1.29 is 14.3 Å². The summed E-state index contributed by atoms with van der Waals surface area (Å²) in [5.41, 5.74) is 1.99. The van der Waals surface area contributed by atoms with Crippen LogP contribution < -0.4 is 14.8 Å². The van der Waals surface area contributed by atoms with Crippen molar-refractivity contribution >= 4 is 11.7 Å². The van der Waals surface area contributed by atoms with Crippen molar-refractivity contribution in [1.82, 2.24) is 4.98 Å². The van der Waals surface area contributed by atoms with Gasteiger partial charge in [-0.2, -0.15) is 0 Å². The summed E-state index contributed by atoms with van der Waals surface area (Å²) in [6, 6.07) is 9.54. The van der Waals surface area contributed by atoms with Crippen LogP contribution in [0.4, 0.5) is 5.82 Å². The van der Waals surface area contributed by atoms with Gasteiger partial charge < -0.3 is 14.8 Å². The lowest BCUT2D eigenvalue weighted by Gasteiger charge is -2.18. The highest BCUT2D eigenvalue weighted by Gasteiger charge is 2.32. The van der Waals surface area contributed by atoms with Crippen molar-refractivity contribution in [1.29, 1.82) is 0 Å². The molecule has 1 N–H and O–H groups in total. The molecule has 0 saturated carbocycles. The molecule has 0 spiro atoms. The summed E-state index contributed by atoms with van der Waals surface area (Å²) in [7, 11) is 0. The molecule has 3 rings (SSSR count). The Bertz CT molecular complexity index is 767. The lowest BCUT2D eigenvalue weighted by Crippen LogP contribution is -2.25. The summed E-state index contributed by atoms with van der Waals surface area (Å²) < 4.78 is 11.6. The van der Waals surface area contributed by atoms with Crippen LogP contribution in [-0.2, 0) is 11.2 Å². The number of nitrogens with one attached hydrogen (secondary N) is 1. The number of hydrogen-bond acceptors (Lipinski definition) is 4. The number of rotatable bonds is 5. The van der Waals surface area contributed by atoms with Crippen molar-refractivity contribution in [2.24, 2.45) is 0 Å². The van der Waals surface area contributed by atoms with E-state index in [-0.39, 0.29) is 18.1 Å². The Hall–Kier alpha value is -2.56. The molecule has 5 heteroatoms. The number of amides is 1. The molecule has 2 heterocycles. The predicted molar refractivity (Wildman–Crippen MR) is 97.3 cm³/mol. The second kappa shape index (κ2) is 6.75. The van der Waals surface area contributed by atoms with E-state index in [2.05, 4.69) is 24.1 Å². The highest BCUT2D eigenvalue weighted by Crippen LogP contribution is 2.41. The van der Waals surface area contributed by atoms with Gasteiger partial charge in [-0.15, -0.1) is 0 Å². The summed E-state index contributed by atoms with van der Waals surface area (Å²) in [5, 5.41) is 2.75. The number of nitrogens with zero attached hydrogens (tertiary/aromatic N) is 1. The van der Waals surface area contributed by atoms with E-state index in [1.807, 2.05) is 38.1 Å². The van der Waals surface area contributed by atoms with E-state index in [9.17, 15) is 4.79 Å². The van der Waals surface area contributed by atoms with E-state index in [1.54, 1.807) is 12.3 Å². The molecule has 1 aromatic carbocycles. The summed E-state index contributed by atoms with van der Waals surface area (Å²) >= 11 is 0. The molecule has 0 unspecified atom stereocenters. The molecule has 0 atom stereocenters. The van der Waals surface area contributed by atoms with Crippen molar-refractivity contribution in [2.75, 3.05) is 11.9 Å². The fourth-order valence-electron chi connectivity index (χ4n) is 2.84. The predicted octanol–water partition coefficient (Wildman–Crippen LogP) is 3.94. The standard InChI is InChI=1S/C20H24N2O3/c1-13(2)15-8-9-17(21-11-15)22-18(23)12-24-16-7-5-6-14-10-20(3,4)25-19(14)16/h5-9,11,13H,10,12H2,1-4H3,(H,21,22,23). The molecule has 132 valence electrons. The zero-order chi connectivity index (χ0) is 18.0. The van der Waals surface area contributed by atoms with Crippen LogP contribution >= 0.6 is 0 Å². The first-order valence-electron chi connectivity index (χ1n) is 8.53. The zero-order valence-electron chi connectivity index (χ0n) is 15.1. The fourth-order valence-corrected chi connectivity index (χ4v) is 2.84. The van der Waals surface area contributed by atoms with E-state index in [0.717, 1.165) is 23.3 Å². The largest absolute Gasteiger partial charge is 0.483 e. The summed E-state index contributed by atoms with van der Waals surface area (Å²) in [5.74, 6) is 2.01.